The highest BCUT2D eigenvalue weighted by atomic mass is 16.5. The minimum Gasteiger partial charge on any atom is -0.399 e. The van der Waals surface area contributed by atoms with Gasteiger partial charge in [-0.2, -0.15) is 4.98 Å². The van der Waals surface area contributed by atoms with Crippen LogP contribution in [0.2, 0.25) is 0 Å². The largest absolute Gasteiger partial charge is 0.399 e. The van der Waals surface area contributed by atoms with Crippen LogP contribution in [0.5, 0.6) is 0 Å². The summed E-state index contributed by atoms with van der Waals surface area (Å²) < 4.78 is 5.12. The molecular weight excluding hydrogens is 190 g/mol. The molecule has 0 aliphatic carbocycles. The third kappa shape index (κ3) is 1.70. The standard InChI is InChI=1S/C11H13N3O/c1-6-4-9(12)5-10(7(6)2)11-13-8(3)14-15-11/h4-5H,12H2,1-3H3. The Bertz CT molecular complexity index is 503. The Hall–Kier alpha value is -1.84. The molecule has 0 bridgehead atoms. The summed E-state index contributed by atoms with van der Waals surface area (Å²) in [4.78, 5) is 4.19. The lowest BCUT2D eigenvalue weighted by atomic mass is 10.0. The molecule has 0 spiro atoms. The van der Waals surface area contributed by atoms with Crippen LogP contribution in [0.1, 0.15) is 17.0 Å². The molecule has 0 saturated carbocycles. The number of nitrogens with zero attached hydrogens (tertiary/aromatic N) is 2. The summed E-state index contributed by atoms with van der Waals surface area (Å²) in [6, 6.07) is 3.79. The first-order valence-electron chi connectivity index (χ1n) is 4.75. The Morgan fingerprint density at radius 3 is 2.53 bits per heavy atom. The molecule has 4 heteroatoms. The predicted molar refractivity (Wildman–Crippen MR) is 58.4 cm³/mol. The van der Waals surface area contributed by atoms with Crippen LogP contribution >= 0.6 is 0 Å². The van der Waals surface area contributed by atoms with Gasteiger partial charge in [-0.25, -0.2) is 0 Å². The first kappa shape index (κ1) is 9.71. The van der Waals surface area contributed by atoms with Gasteiger partial charge in [0.05, 0.1) is 0 Å². The van der Waals surface area contributed by atoms with Gasteiger partial charge in [0.15, 0.2) is 5.82 Å². The van der Waals surface area contributed by atoms with Crippen LogP contribution in [0.3, 0.4) is 0 Å². The second-order valence-corrected chi connectivity index (χ2v) is 3.66. The number of hydrogen-bond acceptors (Lipinski definition) is 4. The van der Waals surface area contributed by atoms with Gasteiger partial charge in [-0.15, -0.1) is 0 Å². The van der Waals surface area contributed by atoms with Crippen molar-refractivity contribution in [2.24, 2.45) is 0 Å². The van der Waals surface area contributed by atoms with Crippen molar-refractivity contribution < 1.29 is 4.52 Å². The molecule has 0 atom stereocenters. The van der Waals surface area contributed by atoms with Gasteiger partial charge in [0.2, 0.25) is 0 Å². The topological polar surface area (TPSA) is 64.9 Å². The number of nitrogens with two attached hydrogens (primary N) is 1. The third-order valence-corrected chi connectivity index (χ3v) is 2.45. The summed E-state index contributed by atoms with van der Waals surface area (Å²) in [5.74, 6) is 1.16. The van der Waals surface area contributed by atoms with E-state index >= 15 is 0 Å². The molecule has 2 rings (SSSR count). The average Bonchev–Trinajstić information content (AvgIpc) is 2.58. The molecule has 0 aliphatic heterocycles. The van der Waals surface area contributed by atoms with Crippen molar-refractivity contribution in [3.05, 3.63) is 29.1 Å². The van der Waals surface area contributed by atoms with E-state index in [4.69, 9.17) is 10.3 Å². The molecule has 1 aromatic heterocycles. The number of aromatic nitrogens is 2. The molecule has 0 saturated heterocycles. The number of anilines is 1. The highest BCUT2D eigenvalue weighted by Crippen LogP contribution is 2.26. The smallest absolute Gasteiger partial charge is 0.258 e. The van der Waals surface area contributed by atoms with E-state index in [9.17, 15) is 0 Å². The van der Waals surface area contributed by atoms with Gasteiger partial charge in [-0.3, -0.25) is 0 Å². The zero-order valence-electron chi connectivity index (χ0n) is 9.03. The van der Waals surface area contributed by atoms with Crippen LogP contribution in [0.25, 0.3) is 11.5 Å². The molecule has 2 aromatic rings. The Morgan fingerprint density at radius 1 is 1.20 bits per heavy atom. The van der Waals surface area contributed by atoms with E-state index in [0.717, 1.165) is 16.7 Å². The highest BCUT2D eigenvalue weighted by Gasteiger charge is 2.11. The van der Waals surface area contributed by atoms with E-state index < -0.39 is 0 Å². The van der Waals surface area contributed by atoms with E-state index in [1.165, 1.54) is 0 Å². The summed E-state index contributed by atoms with van der Waals surface area (Å²) in [6.07, 6.45) is 0. The van der Waals surface area contributed by atoms with Crippen LogP contribution in [-0.2, 0) is 0 Å². The molecule has 0 radical (unpaired) electrons. The first-order chi connectivity index (χ1) is 7.08. The molecule has 78 valence electrons. The summed E-state index contributed by atoms with van der Waals surface area (Å²) in [5.41, 5.74) is 9.65. The van der Waals surface area contributed by atoms with Gasteiger partial charge in [0.1, 0.15) is 0 Å². The quantitative estimate of drug-likeness (QED) is 0.722. The fraction of sp³-hybridized carbons (Fsp3) is 0.273. The van der Waals surface area contributed by atoms with E-state index in [1.807, 2.05) is 26.0 Å². The lowest BCUT2D eigenvalue weighted by Gasteiger charge is -2.06. The average molecular weight is 203 g/mol. The minimum atomic E-state index is 0.528. The maximum Gasteiger partial charge on any atom is 0.258 e. The molecule has 2 N–H and O–H groups in total. The Kier molecular flexibility index (Phi) is 2.19. The normalized spacial score (nSPS) is 10.6. The zero-order valence-corrected chi connectivity index (χ0v) is 9.03. The SMILES string of the molecule is Cc1noc(-c2cc(N)cc(C)c2C)n1. The van der Waals surface area contributed by atoms with Crippen LogP contribution in [0.4, 0.5) is 5.69 Å². The van der Waals surface area contributed by atoms with Gasteiger partial charge in [0.25, 0.3) is 5.89 Å². The van der Waals surface area contributed by atoms with Crippen molar-refractivity contribution in [1.82, 2.24) is 10.1 Å². The van der Waals surface area contributed by atoms with Crippen molar-refractivity contribution in [2.75, 3.05) is 5.73 Å². The molecular formula is C11H13N3O. The number of aryl methyl sites for hydroxylation is 2. The van der Waals surface area contributed by atoms with E-state index in [2.05, 4.69) is 10.1 Å². The summed E-state index contributed by atoms with van der Waals surface area (Å²) >= 11 is 0. The van der Waals surface area contributed by atoms with Crippen molar-refractivity contribution in [3.8, 4) is 11.5 Å². The first-order valence-corrected chi connectivity index (χ1v) is 4.75. The predicted octanol–water partition coefficient (Wildman–Crippen LogP) is 2.24. The van der Waals surface area contributed by atoms with Gasteiger partial charge in [-0.05, 0) is 44.0 Å². The van der Waals surface area contributed by atoms with Gasteiger partial charge in [0, 0.05) is 11.3 Å². The maximum atomic E-state index is 5.78. The third-order valence-electron chi connectivity index (χ3n) is 2.45. The Balaban J connectivity index is 2.62. The molecule has 0 unspecified atom stereocenters. The van der Waals surface area contributed by atoms with E-state index in [0.29, 0.717) is 17.4 Å². The molecule has 0 aliphatic rings. The summed E-state index contributed by atoms with van der Waals surface area (Å²) in [7, 11) is 0. The van der Waals surface area contributed by atoms with E-state index in [1.54, 1.807) is 6.92 Å². The Labute approximate surface area is 88.1 Å². The minimum absolute atomic E-state index is 0.528. The van der Waals surface area contributed by atoms with Crippen LogP contribution in [0.15, 0.2) is 16.7 Å². The zero-order chi connectivity index (χ0) is 11.0. The van der Waals surface area contributed by atoms with E-state index in [-0.39, 0.29) is 0 Å². The molecule has 15 heavy (non-hydrogen) atoms. The summed E-state index contributed by atoms with van der Waals surface area (Å²) in [6.45, 7) is 5.82. The second-order valence-electron chi connectivity index (χ2n) is 3.66. The lowest BCUT2D eigenvalue weighted by molar-refractivity contribution is 0.425. The lowest BCUT2D eigenvalue weighted by Crippen LogP contribution is -1.92. The number of hydrogen-bond donors (Lipinski definition) is 1. The van der Waals surface area contributed by atoms with Crippen molar-refractivity contribution >= 4 is 5.69 Å². The van der Waals surface area contributed by atoms with Crippen LogP contribution in [0, 0.1) is 20.8 Å². The highest BCUT2D eigenvalue weighted by molar-refractivity contribution is 5.66. The van der Waals surface area contributed by atoms with Crippen LogP contribution in [-0.4, -0.2) is 10.1 Å². The van der Waals surface area contributed by atoms with Crippen molar-refractivity contribution in [3.63, 3.8) is 0 Å². The molecule has 0 fully saturated rings. The molecule has 1 aromatic carbocycles. The number of rotatable bonds is 1. The number of nitrogen functional groups attached to an aromatic ring is 1. The summed E-state index contributed by atoms with van der Waals surface area (Å²) in [5, 5.41) is 3.77. The fourth-order valence-corrected chi connectivity index (χ4v) is 1.52. The maximum absolute atomic E-state index is 5.78. The monoisotopic (exact) mass is 203 g/mol. The van der Waals surface area contributed by atoms with Gasteiger partial charge in [-0.1, -0.05) is 5.16 Å². The molecule has 4 nitrogen and oxygen atoms in total. The second kappa shape index (κ2) is 3.38. The van der Waals surface area contributed by atoms with Crippen molar-refractivity contribution in [2.45, 2.75) is 20.8 Å². The Morgan fingerprint density at radius 2 is 1.93 bits per heavy atom. The van der Waals surface area contributed by atoms with Crippen molar-refractivity contribution in [1.29, 1.82) is 0 Å². The molecule has 1 heterocycles. The van der Waals surface area contributed by atoms with Gasteiger partial charge >= 0.3 is 0 Å². The fourth-order valence-electron chi connectivity index (χ4n) is 1.52. The van der Waals surface area contributed by atoms with Gasteiger partial charge < -0.3 is 10.3 Å². The molecule has 0 amide bonds. The number of benzene rings is 1. The van der Waals surface area contributed by atoms with Crippen LogP contribution < -0.4 is 5.73 Å².